The number of carbonyl (C=O) groups is 1. The molecule has 6 nitrogen and oxygen atoms in total. The maximum absolute atomic E-state index is 12.8. The van der Waals surface area contributed by atoms with Crippen LogP contribution in [0.1, 0.15) is 39.3 Å². The molecule has 0 fully saturated rings. The van der Waals surface area contributed by atoms with Gasteiger partial charge in [0.1, 0.15) is 6.61 Å². The summed E-state index contributed by atoms with van der Waals surface area (Å²) < 4.78 is 7.77. The molecule has 0 radical (unpaired) electrons. The third-order valence-electron chi connectivity index (χ3n) is 5.66. The zero-order chi connectivity index (χ0) is 21.8. The summed E-state index contributed by atoms with van der Waals surface area (Å²) in [6.07, 6.45) is 4.72. The second-order valence-corrected chi connectivity index (χ2v) is 7.81. The van der Waals surface area contributed by atoms with Crippen LogP contribution in [0.3, 0.4) is 0 Å². The zero-order valence-corrected chi connectivity index (χ0v) is 17.7. The molecular formula is C26H24N4O2. The fraction of sp³-hybridized carbons (Fsp3) is 0.192. The van der Waals surface area contributed by atoms with Crippen LogP contribution in [0.25, 0.3) is 5.69 Å². The van der Waals surface area contributed by atoms with Crippen LogP contribution < -0.4 is 10.1 Å². The quantitative estimate of drug-likeness (QED) is 0.481. The molecule has 1 aliphatic rings. The van der Waals surface area contributed by atoms with Crippen molar-refractivity contribution in [2.45, 2.75) is 32.4 Å². The van der Waals surface area contributed by atoms with Gasteiger partial charge in [-0.2, -0.15) is 5.10 Å². The third kappa shape index (κ3) is 4.25. The molecule has 4 aromatic rings. The van der Waals surface area contributed by atoms with E-state index in [4.69, 9.17) is 9.84 Å². The highest BCUT2D eigenvalue weighted by atomic mass is 16.5. The summed E-state index contributed by atoms with van der Waals surface area (Å²) in [7, 11) is 0. The van der Waals surface area contributed by atoms with Gasteiger partial charge in [-0.15, -0.1) is 0 Å². The van der Waals surface area contributed by atoms with Gasteiger partial charge in [-0.1, -0.05) is 48.5 Å². The van der Waals surface area contributed by atoms with Crippen LogP contribution in [0, 0.1) is 0 Å². The Morgan fingerprint density at radius 2 is 1.78 bits per heavy atom. The lowest BCUT2D eigenvalue weighted by Gasteiger charge is -2.08. The number of nitrogens with zero attached hydrogens (tertiary/aromatic N) is 3. The van der Waals surface area contributed by atoms with Gasteiger partial charge in [0.2, 0.25) is 5.88 Å². The second-order valence-electron chi connectivity index (χ2n) is 7.81. The van der Waals surface area contributed by atoms with E-state index >= 15 is 0 Å². The number of hydrogen-bond donors (Lipinski definition) is 1. The summed E-state index contributed by atoms with van der Waals surface area (Å²) in [5, 5.41) is 7.83. The first-order valence-electron chi connectivity index (χ1n) is 10.8. The van der Waals surface area contributed by atoms with Crippen molar-refractivity contribution in [3.05, 3.63) is 107 Å². The topological polar surface area (TPSA) is 69.0 Å². The van der Waals surface area contributed by atoms with Crippen LogP contribution in [0.2, 0.25) is 0 Å². The van der Waals surface area contributed by atoms with Crippen molar-refractivity contribution in [3.63, 3.8) is 0 Å². The Hall–Kier alpha value is -3.93. The third-order valence-corrected chi connectivity index (χ3v) is 5.66. The summed E-state index contributed by atoms with van der Waals surface area (Å²) in [4.78, 5) is 17.0. The van der Waals surface area contributed by atoms with E-state index in [0.29, 0.717) is 24.6 Å². The van der Waals surface area contributed by atoms with Crippen molar-refractivity contribution in [3.8, 4) is 11.6 Å². The van der Waals surface area contributed by atoms with Gasteiger partial charge in [0, 0.05) is 23.5 Å². The van der Waals surface area contributed by atoms with E-state index in [-0.39, 0.29) is 5.91 Å². The number of rotatable bonds is 7. The minimum absolute atomic E-state index is 0.169. The van der Waals surface area contributed by atoms with Gasteiger partial charge in [-0.3, -0.25) is 4.79 Å². The molecule has 0 spiro atoms. The van der Waals surface area contributed by atoms with Gasteiger partial charge in [-0.25, -0.2) is 9.67 Å². The number of carbonyl (C=O) groups excluding carboxylic acids is 1. The normalized spacial score (nSPS) is 12.4. The van der Waals surface area contributed by atoms with Crippen LogP contribution in [0.4, 0.5) is 0 Å². The Morgan fingerprint density at radius 1 is 1.00 bits per heavy atom. The highest BCUT2D eigenvalue weighted by molar-refractivity contribution is 5.94. The molecule has 1 aliphatic carbocycles. The summed E-state index contributed by atoms with van der Waals surface area (Å²) in [5.41, 5.74) is 6.06. The van der Waals surface area contributed by atoms with Crippen molar-refractivity contribution in [1.29, 1.82) is 0 Å². The summed E-state index contributed by atoms with van der Waals surface area (Å²) in [6.45, 7) is 0.797. The van der Waals surface area contributed by atoms with Gasteiger partial charge >= 0.3 is 0 Å². The number of aromatic nitrogens is 3. The maximum atomic E-state index is 12.8. The first-order valence-corrected chi connectivity index (χ1v) is 10.8. The molecule has 32 heavy (non-hydrogen) atoms. The molecule has 5 rings (SSSR count). The molecule has 0 aliphatic heterocycles. The fourth-order valence-corrected chi connectivity index (χ4v) is 4.07. The van der Waals surface area contributed by atoms with Crippen LogP contribution >= 0.6 is 0 Å². The highest BCUT2D eigenvalue weighted by Crippen LogP contribution is 2.27. The zero-order valence-electron chi connectivity index (χ0n) is 17.7. The van der Waals surface area contributed by atoms with Crippen LogP contribution in [-0.4, -0.2) is 20.7 Å². The van der Waals surface area contributed by atoms with E-state index in [2.05, 4.69) is 22.4 Å². The Balaban J connectivity index is 1.26. The molecule has 2 aromatic heterocycles. The molecule has 2 heterocycles. The van der Waals surface area contributed by atoms with Crippen LogP contribution in [0.15, 0.2) is 79.0 Å². The summed E-state index contributed by atoms with van der Waals surface area (Å²) in [5.74, 6) is 0.258. The maximum Gasteiger partial charge on any atom is 0.251 e. The minimum atomic E-state index is -0.169. The fourth-order valence-electron chi connectivity index (χ4n) is 4.07. The largest absolute Gasteiger partial charge is 0.473 e. The average Bonchev–Trinajstić information content (AvgIpc) is 3.46. The number of ether oxygens (including phenoxy) is 1. The highest BCUT2D eigenvalue weighted by Gasteiger charge is 2.23. The molecule has 0 atom stereocenters. The van der Waals surface area contributed by atoms with Crippen LogP contribution in [0.5, 0.6) is 5.88 Å². The van der Waals surface area contributed by atoms with E-state index in [1.165, 1.54) is 11.3 Å². The first-order chi connectivity index (χ1) is 15.8. The lowest BCUT2D eigenvalue weighted by molar-refractivity contribution is 0.0949. The monoisotopic (exact) mass is 424 g/mol. The molecule has 2 aromatic carbocycles. The average molecular weight is 425 g/mol. The Labute approximate surface area is 186 Å². The SMILES string of the molecule is O=C(NCc1nn(-c2ccccc2)c2c1CCC2)c1ccnc(OCc2ccccc2)c1. The number of nitrogens with one attached hydrogen (secondary N) is 1. The van der Waals surface area contributed by atoms with E-state index in [1.54, 1.807) is 18.3 Å². The lowest BCUT2D eigenvalue weighted by atomic mass is 10.2. The second kappa shape index (κ2) is 9.06. The molecule has 1 N–H and O–H groups in total. The van der Waals surface area contributed by atoms with Gasteiger partial charge < -0.3 is 10.1 Å². The van der Waals surface area contributed by atoms with Crippen LogP contribution in [-0.2, 0) is 26.0 Å². The molecule has 0 saturated carbocycles. The van der Waals surface area contributed by atoms with Gasteiger partial charge in [0.05, 0.1) is 17.9 Å². The standard InChI is InChI=1S/C26H24N4O2/c31-26(20-14-15-27-25(16-20)32-18-19-8-3-1-4-9-19)28-17-23-22-12-7-13-24(22)30(29-23)21-10-5-2-6-11-21/h1-6,8-11,14-16H,7,12-13,17-18H2,(H,28,31). The molecule has 6 heteroatoms. The van der Waals surface area contributed by atoms with E-state index < -0.39 is 0 Å². The van der Waals surface area contributed by atoms with E-state index in [0.717, 1.165) is 36.2 Å². The summed E-state index contributed by atoms with van der Waals surface area (Å²) >= 11 is 0. The number of fused-ring (bicyclic) bond motifs is 1. The molecule has 0 bridgehead atoms. The Morgan fingerprint density at radius 3 is 2.59 bits per heavy atom. The number of pyridine rings is 1. The minimum Gasteiger partial charge on any atom is -0.473 e. The van der Waals surface area contributed by atoms with Crippen molar-refractivity contribution in [1.82, 2.24) is 20.1 Å². The van der Waals surface area contributed by atoms with E-state index in [1.807, 2.05) is 53.2 Å². The molecule has 0 saturated heterocycles. The molecule has 1 amide bonds. The van der Waals surface area contributed by atoms with Crippen molar-refractivity contribution in [2.24, 2.45) is 0 Å². The number of amides is 1. The van der Waals surface area contributed by atoms with Gasteiger partial charge in [0.15, 0.2) is 0 Å². The Bertz CT molecular complexity index is 1220. The van der Waals surface area contributed by atoms with Crippen molar-refractivity contribution < 1.29 is 9.53 Å². The van der Waals surface area contributed by atoms with Gasteiger partial charge in [-0.05, 0) is 48.6 Å². The van der Waals surface area contributed by atoms with Crippen molar-refractivity contribution >= 4 is 5.91 Å². The van der Waals surface area contributed by atoms with Crippen molar-refractivity contribution in [2.75, 3.05) is 0 Å². The number of benzene rings is 2. The smallest absolute Gasteiger partial charge is 0.251 e. The number of para-hydroxylation sites is 1. The Kier molecular flexibility index (Phi) is 5.66. The van der Waals surface area contributed by atoms with E-state index in [9.17, 15) is 4.79 Å². The predicted molar refractivity (Wildman–Crippen MR) is 122 cm³/mol. The molecule has 160 valence electrons. The van der Waals surface area contributed by atoms with Gasteiger partial charge in [0.25, 0.3) is 5.91 Å². The lowest BCUT2D eigenvalue weighted by Crippen LogP contribution is -2.23. The molecule has 0 unspecified atom stereocenters. The first kappa shape index (κ1) is 20.0. The number of hydrogen-bond acceptors (Lipinski definition) is 4. The predicted octanol–water partition coefficient (Wildman–Crippen LogP) is 4.27. The molecular weight excluding hydrogens is 400 g/mol. The summed E-state index contributed by atoms with van der Waals surface area (Å²) in [6, 6.07) is 23.4.